The number of aliphatic hydroxyl groups is 1. The predicted octanol–water partition coefficient (Wildman–Crippen LogP) is 5.10. The quantitative estimate of drug-likeness (QED) is 0.648. The number of fused-ring (bicyclic) bond motifs is 1. The molecule has 0 bridgehead atoms. The van der Waals surface area contributed by atoms with Gasteiger partial charge in [0.2, 0.25) is 0 Å². The molecule has 5 rings (SSSR count). The van der Waals surface area contributed by atoms with Crippen LogP contribution in [0.2, 0.25) is 0 Å². The Bertz CT molecular complexity index is 1040. The van der Waals surface area contributed by atoms with Gasteiger partial charge >= 0.3 is 0 Å². The molecule has 0 spiro atoms. The molecule has 5 nitrogen and oxygen atoms in total. The first kappa shape index (κ1) is 20.8. The zero-order valence-electron chi connectivity index (χ0n) is 18.3. The van der Waals surface area contributed by atoms with Crippen molar-refractivity contribution < 1.29 is 14.7 Å². The summed E-state index contributed by atoms with van der Waals surface area (Å²) in [4.78, 5) is 27.9. The molecule has 2 N–H and O–H groups in total. The van der Waals surface area contributed by atoms with Gasteiger partial charge in [0.25, 0.3) is 11.8 Å². The van der Waals surface area contributed by atoms with Crippen molar-refractivity contribution in [1.29, 1.82) is 0 Å². The van der Waals surface area contributed by atoms with E-state index in [-0.39, 0.29) is 17.2 Å². The van der Waals surface area contributed by atoms with E-state index in [2.05, 4.69) is 17.4 Å². The third kappa shape index (κ3) is 3.60. The van der Waals surface area contributed by atoms with Crippen LogP contribution in [0.3, 0.4) is 0 Å². The SMILES string of the molecule is O=C(Nc1ccc(C2CCCCC2)cc1)C1=C(O)[C@@]2(Cc3ccccc3)CCCN2C1=O. The van der Waals surface area contributed by atoms with Gasteiger partial charge in [-0.1, -0.05) is 61.7 Å². The molecule has 2 heterocycles. The highest BCUT2D eigenvalue weighted by Crippen LogP contribution is 2.45. The normalized spacial score (nSPS) is 23.5. The first-order valence-electron chi connectivity index (χ1n) is 11.8. The van der Waals surface area contributed by atoms with Gasteiger partial charge in [0.1, 0.15) is 16.9 Å². The maximum Gasteiger partial charge on any atom is 0.264 e. The lowest BCUT2D eigenvalue weighted by molar-refractivity contribution is -0.129. The summed E-state index contributed by atoms with van der Waals surface area (Å²) in [5.74, 6) is -0.381. The predicted molar refractivity (Wildman–Crippen MR) is 124 cm³/mol. The topological polar surface area (TPSA) is 69.6 Å². The van der Waals surface area contributed by atoms with E-state index >= 15 is 0 Å². The summed E-state index contributed by atoms with van der Waals surface area (Å²) >= 11 is 0. The van der Waals surface area contributed by atoms with Crippen LogP contribution in [-0.2, 0) is 16.0 Å². The molecule has 166 valence electrons. The summed E-state index contributed by atoms with van der Waals surface area (Å²) in [5, 5.41) is 14.0. The van der Waals surface area contributed by atoms with Gasteiger partial charge in [-0.3, -0.25) is 9.59 Å². The van der Waals surface area contributed by atoms with E-state index in [0.717, 1.165) is 12.0 Å². The van der Waals surface area contributed by atoms with E-state index in [4.69, 9.17) is 0 Å². The molecule has 2 fully saturated rings. The van der Waals surface area contributed by atoms with E-state index in [1.807, 2.05) is 42.5 Å². The Morgan fingerprint density at radius 2 is 1.72 bits per heavy atom. The fourth-order valence-electron chi connectivity index (χ4n) is 5.76. The summed E-state index contributed by atoms with van der Waals surface area (Å²) in [6.45, 7) is 0.558. The number of carbonyl (C=O) groups is 2. The maximum absolute atomic E-state index is 13.1. The maximum atomic E-state index is 13.1. The van der Waals surface area contributed by atoms with Crippen LogP contribution in [0, 0.1) is 0 Å². The van der Waals surface area contributed by atoms with Crippen molar-refractivity contribution in [3.8, 4) is 0 Å². The van der Waals surface area contributed by atoms with Crippen molar-refractivity contribution in [3.63, 3.8) is 0 Å². The number of hydrogen-bond acceptors (Lipinski definition) is 3. The van der Waals surface area contributed by atoms with Crippen molar-refractivity contribution in [2.75, 3.05) is 11.9 Å². The first-order chi connectivity index (χ1) is 15.6. The third-order valence-electron chi connectivity index (χ3n) is 7.44. The van der Waals surface area contributed by atoms with Gasteiger partial charge in [0, 0.05) is 18.7 Å². The highest BCUT2D eigenvalue weighted by Gasteiger charge is 2.56. The number of nitrogens with zero attached hydrogens (tertiary/aromatic N) is 1. The lowest BCUT2D eigenvalue weighted by Gasteiger charge is -2.32. The molecule has 1 aliphatic carbocycles. The summed E-state index contributed by atoms with van der Waals surface area (Å²) in [5.41, 5.74) is 2.07. The third-order valence-corrected chi connectivity index (χ3v) is 7.44. The second-order valence-corrected chi connectivity index (χ2v) is 9.39. The standard InChI is InChI=1S/C27H30N2O3/c30-24-23(25(31)28-22-14-12-21(13-15-22)20-10-5-2-6-11-20)26(32)29-17-7-16-27(24,29)18-19-8-3-1-4-9-19/h1,3-4,8-9,12-15,20,30H,2,5-7,10-11,16-18H2,(H,28,31)/t27-/m0/s1. The van der Waals surface area contributed by atoms with Crippen LogP contribution < -0.4 is 5.32 Å². The molecule has 0 unspecified atom stereocenters. The van der Waals surface area contributed by atoms with Gasteiger partial charge in [-0.2, -0.15) is 0 Å². The van der Waals surface area contributed by atoms with Gasteiger partial charge in [-0.05, 0) is 54.9 Å². The summed E-state index contributed by atoms with van der Waals surface area (Å²) < 4.78 is 0. The average molecular weight is 431 g/mol. The van der Waals surface area contributed by atoms with E-state index in [1.165, 1.54) is 37.7 Å². The molecule has 5 heteroatoms. The molecule has 2 aromatic carbocycles. The Hall–Kier alpha value is -3.08. The molecule has 32 heavy (non-hydrogen) atoms. The molecule has 3 aliphatic rings. The second-order valence-electron chi connectivity index (χ2n) is 9.39. The average Bonchev–Trinajstić information content (AvgIpc) is 3.33. The molecule has 2 aromatic rings. The van der Waals surface area contributed by atoms with Crippen LogP contribution in [0.15, 0.2) is 65.9 Å². The van der Waals surface area contributed by atoms with Crippen LogP contribution >= 0.6 is 0 Å². The van der Waals surface area contributed by atoms with Crippen molar-refractivity contribution >= 4 is 17.5 Å². The molecule has 2 amide bonds. The fraction of sp³-hybridized carbons (Fsp3) is 0.407. The number of aliphatic hydroxyl groups excluding tert-OH is 1. The van der Waals surface area contributed by atoms with E-state index in [0.29, 0.717) is 31.0 Å². The van der Waals surface area contributed by atoms with E-state index in [9.17, 15) is 14.7 Å². The highest BCUT2D eigenvalue weighted by molar-refractivity contribution is 6.25. The number of hydrogen-bond donors (Lipinski definition) is 2. The number of amides is 2. The van der Waals surface area contributed by atoms with E-state index < -0.39 is 11.4 Å². The molecule has 2 aliphatic heterocycles. The van der Waals surface area contributed by atoms with Gasteiger partial charge in [-0.15, -0.1) is 0 Å². The fourth-order valence-corrected chi connectivity index (χ4v) is 5.76. The van der Waals surface area contributed by atoms with Crippen LogP contribution in [-0.4, -0.2) is 33.9 Å². The van der Waals surface area contributed by atoms with Gasteiger partial charge in [0.05, 0.1) is 0 Å². The zero-order valence-corrected chi connectivity index (χ0v) is 18.3. The Morgan fingerprint density at radius 3 is 2.44 bits per heavy atom. The number of benzene rings is 2. The smallest absolute Gasteiger partial charge is 0.264 e. The minimum absolute atomic E-state index is 0.0832. The second kappa shape index (κ2) is 8.45. The van der Waals surface area contributed by atoms with Crippen LogP contribution in [0.4, 0.5) is 5.69 Å². The van der Waals surface area contributed by atoms with Gasteiger partial charge < -0.3 is 15.3 Å². The summed E-state index contributed by atoms with van der Waals surface area (Å²) in [6, 6.07) is 17.8. The molecule has 0 aromatic heterocycles. The van der Waals surface area contributed by atoms with Crippen molar-refractivity contribution in [3.05, 3.63) is 77.1 Å². The van der Waals surface area contributed by atoms with E-state index in [1.54, 1.807) is 4.90 Å². The van der Waals surface area contributed by atoms with Gasteiger partial charge in [0.15, 0.2) is 0 Å². The Morgan fingerprint density at radius 1 is 1.00 bits per heavy atom. The van der Waals surface area contributed by atoms with Crippen molar-refractivity contribution in [2.24, 2.45) is 0 Å². The van der Waals surface area contributed by atoms with Gasteiger partial charge in [-0.25, -0.2) is 0 Å². The molecule has 1 saturated carbocycles. The van der Waals surface area contributed by atoms with Crippen LogP contribution in [0.5, 0.6) is 0 Å². The molecular formula is C27H30N2O3. The summed E-state index contributed by atoms with van der Waals surface area (Å²) in [6.07, 6.45) is 8.31. The Labute approximate surface area is 189 Å². The minimum Gasteiger partial charge on any atom is -0.509 e. The lowest BCUT2D eigenvalue weighted by Crippen LogP contribution is -2.45. The first-order valence-corrected chi connectivity index (χ1v) is 11.8. The molecule has 1 saturated heterocycles. The number of anilines is 1. The largest absolute Gasteiger partial charge is 0.509 e. The van der Waals surface area contributed by atoms with Crippen LogP contribution in [0.25, 0.3) is 0 Å². The lowest BCUT2D eigenvalue weighted by atomic mass is 9.84. The highest BCUT2D eigenvalue weighted by atomic mass is 16.3. The number of rotatable bonds is 5. The number of nitrogens with one attached hydrogen (secondary N) is 1. The molecule has 0 radical (unpaired) electrons. The van der Waals surface area contributed by atoms with Crippen molar-refractivity contribution in [1.82, 2.24) is 4.90 Å². The summed E-state index contributed by atoms with van der Waals surface area (Å²) in [7, 11) is 0. The zero-order chi connectivity index (χ0) is 22.1. The Kier molecular flexibility index (Phi) is 5.50. The monoisotopic (exact) mass is 430 g/mol. The Balaban J connectivity index is 1.36. The number of carbonyl (C=O) groups excluding carboxylic acids is 2. The molecular weight excluding hydrogens is 400 g/mol. The van der Waals surface area contributed by atoms with Crippen molar-refractivity contribution in [2.45, 2.75) is 62.8 Å². The van der Waals surface area contributed by atoms with Crippen LogP contribution in [0.1, 0.15) is 62.0 Å². The minimum atomic E-state index is -0.810. The molecule has 1 atom stereocenters.